The van der Waals surface area contributed by atoms with E-state index >= 15 is 0 Å². The second kappa shape index (κ2) is 7.32. The lowest BCUT2D eigenvalue weighted by atomic mass is 10.1. The van der Waals surface area contributed by atoms with E-state index in [1.807, 2.05) is 42.5 Å². The van der Waals surface area contributed by atoms with Crippen molar-refractivity contribution in [1.29, 1.82) is 5.26 Å². The molecule has 26 heavy (non-hydrogen) atoms. The van der Waals surface area contributed by atoms with Crippen LogP contribution in [-0.4, -0.2) is 15.3 Å². The van der Waals surface area contributed by atoms with Crippen LogP contribution in [0.25, 0.3) is 20.3 Å². The summed E-state index contributed by atoms with van der Waals surface area (Å²) in [5.74, 6) is 0.269. The molecule has 0 aliphatic carbocycles. The summed E-state index contributed by atoms with van der Waals surface area (Å²) in [5.41, 5.74) is 1.90. The van der Waals surface area contributed by atoms with E-state index in [9.17, 15) is 4.79 Å². The highest BCUT2D eigenvalue weighted by molar-refractivity contribution is 7.99. The van der Waals surface area contributed by atoms with Crippen molar-refractivity contribution >= 4 is 43.4 Å². The minimum Gasteiger partial charge on any atom is -0.286 e. The van der Waals surface area contributed by atoms with Crippen LogP contribution in [0.15, 0.2) is 64.5 Å². The van der Waals surface area contributed by atoms with E-state index in [-0.39, 0.29) is 11.3 Å². The van der Waals surface area contributed by atoms with Crippen LogP contribution in [0.5, 0.6) is 0 Å². The first-order chi connectivity index (χ1) is 12.8. The first kappa shape index (κ1) is 16.8. The maximum Gasteiger partial charge on any atom is 0.272 e. The smallest absolute Gasteiger partial charge is 0.272 e. The first-order valence-electron chi connectivity index (χ1n) is 8.23. The summed E-state index contributed by atoms with van der Waals surface area (Å²) in [5, 5.41) is 10.6. The highest BCUT2D eigenvalue weighted by atomic mass is 32.2. The fraction of sp³-hybridized carbons (Fsp3) is 0.150. The van der Waals surface area contributed by atoms with E-state index < -0.39 is 0 Å². The minimum atomic E-state index is -0.0208. The van der Waals surface area contributed by atoms with Crippen LogP contribution >= 0.6 is 23.1 Å². The fourth-order valence-electron chi connectivity index (χ4n) is 2.94. The van der Waals surface area contributed by atoms with Crippen molar-refractivity contribution in [2.24, 2.45) is 0 Å². The molecule has 4 nitrogen and oxygen atoms in total. The normalized spacial score (nSPS) is 11.0. The van der Waals surface area contributed by atoms with Gasteiger partial charge in [0.2, 0.25) is 0 Å². The zero-order valence-corrected chi connectivity index (χ0v) is 15.5. The van der Waals surface area contributed by atoms with Crippen molar-refractivity contribution in [2.45, 2.75) is 18.1 Å². The van der Waals surface area contributed by atoms with Crippen molar-refractivity contribution in [3.05, 3.63) is 70.5 Å². The maximum atomic E-state index is 13.1. The average Bonchev–Trinajstić information content (AvgIpc) is 3.05. The average molecular weight is 377 g/mol. The van der Waals surface area contributed by atoms with Gasteiger partial charge in [-0.1, -0.05) is 60.3 Å². The molecule has 0 amide bonds. The molecule has 0 N–H and O–H groups in total. The van der Waals surface area contributed by atoms with Crippen molar-refractivity contribution in [3.8, 4) is 6.07 Å². The summed E-state index contributed by atoms with van der Waals surface area (Å²) in [6.45, 7) is 0.549. The Balaban J connectivity index is 1.83. The van der Waals surface area contributed by atoms with Gasteiger partial charge in [0, 0.05) is 16.6 Å². The van der Waals surface area contributed by atoms with Gasteiger partial charge in [0.25, 0.3) is 5.56 Å². The van der Waals surface area contributed by atoms with Gasteiger partial charge in [0.05, 0.1) is 17.3 Å². The van der Waals surface area contributed by atoms with E-state index in [1.54, 1.807) is 4.57 Å². The van der Waals surface area contributed by atoms with E-state index in [0.29, 0.717) is 16.4 Å². The Kier molecular flexibility index (Phi) is 4.74. The number of hydrogen-bond donors (Lipinski definition) is 0. The minimum absolute atomic E-state index is 0.0208. The van der Waals surface area contributed by atoms with Crippen LogP contribution in [0, 0.1) is 11.3 Å². The SMILES string of the molecule is N#CCSc1nc2c(sc3ccccc32)c(=O)n1CCc1ccccc1. The lowest BCUT2D eigenvalue weighted by Crippen LogP contribution is -2.23. The molecule has 0 atom stereocenters. The van der Waals surface area contributed by atoms with Gasteiger partial charge in [-0.25, -0.2) is 4.98 Å². The molecule has 0 saturated carbocycles. The number of nitriles is 1. The third kappa shape index (κ3) is 3.12. The number of aromatic nitrogens is 2. The second-order valence-electron chi connectivity index (χ2n) is 5.81. The summed E-state index contributed by atoms with van der Waals surface area (Å²) < 4.78 is 3.46. The third-order valence-corrected chi connectivity index (χ3v) is 6.17. The Morgan fingerprint density at radius 3 is 2.69 bits per heavy atom. The predicted octanol–water partition coefficient (Wildman–Crippen LogP) is 4.47. The molecule has 4 aromatic rings. The van der Waals surface area contributed by atoms with Gasteiger partial charge in [-0.3, -0.25) is 9.36 Å². The van der Waals surface area contributed by atoms with Gasteiger partial charge in [-0.15, -0.1) is 11.3 Å². The van der Waals surface area contributed by atoms with Gasteiger partial charge in [0.1, 0.15) is 4.70 Å². The number of nitrogens with zero attached hydrogens (tertiary/aromatic N) is 3. The first-order valence-corrected chi connectivity index (χ1v) is 10.0. The summed E-state index contributed by atoms with van der Waals surface area (Å²) in [6, 6.07) is 20.1. The standard InChI is InChI=1S/C20H15N3OS2/c21-11-13-25-20-22-17-15-8-4-5-9-16(15)26-18(17)19(24)23(20)12-10-14-6-2-1-3-7-14/h1-9H,10,12-13H2. The zero-order valence-electron chi connectivity index (χ0n) is 13.9. The van der Waals surface area contributed by atoms with Gasteiger partial charge in [-0.2, -0.15) is 5.26 Å². The lowest BCUT2D eigenvalue weighted by molar-refractivity contribution is 0.597. The Labute approximate surface area is 158 Å². The number of thioether (sulfide) groups is 1. The summed E-state index contributed by atoms with van der Waals surface area (Å²) in [4.78, 5) is 17.9. The Morgan fingerprint density at radius 2 is 1.88 bits per heavy atom. The summed E-state index contributed by atoms with van der Waals surface area (Å²) >= 11 is 2.81. The van der Waals surface area contributed by atoms with Crippen LogP contribution in [0.4, 0.5) is 0 Å². The molecule has 0 fully saturated rings. The lowest BCUT2D eigenvalue weighted by Gasteiger charge is -2.11. The molecule has 128 valence electrons. The molecule has 0 aliphatic rings. The molecular formula is C20H15N3OS2. The number of hydrogen-bond acceptors (Lipinski definition) is 5. The number of fused-ring (bicyclic) bond motifs is 3. The van der Waals surface area contributed by atoms with Crippen molar-refractivity contribution in [3.63, 3.8) is 0 Å². The van der Waals surface area contributed by atoms with Crippen molar-refractivity contribution in [2.75, 3.05) is 5.75 Å². The summed E-state index contributed by atoms with van der Waals surface area (Å²) in [6.07, 6.45) is 0.749. The molecule has 2 aromatic carbocycles. The topological polar surface area (TPSA) is 58.7 Å². The van der Waals surface area contributed by atoms with E-state index in [4.69, 9.17) is 10.2 Å². The van der Waals surface area contributed by atoms with E-state index in [1.165, 1.54) is 28.7 Å². The number of thiophene rings is 1. The molecule has 0 bridgehead atoms. The van der Waals surface area contributed by atoms with Crippen molar-refractivity contribution < 1.29 is 0 Å². The van der Waals surface area contributed by atoms with Crippen LogP contribution in [0.1, 0.15) is 5.56 Å². The molecule has 0 aliphatic heterocycles. The van der Waals surface area contributed by atoms with E-state index in [0.717, 1.165) is 22.0 Å². The zero-order chi connectivity index (χ0) is 17.9. The Hall–Kier alpha value is -2.62. The number of aryl methyl sites for hydroxylation is 1. The molecule has 0 unspecified atom stereocenters. The van der Waals surface area contributed by atoms with Crippen LogP contribution in [-0.2, 0) is 13.0 Å². The summed E-state index contributed by atoms with van der Waals surface area (Å²) in [7, 11) is 0. The van der Waals surface area contributed by atoms with E-state index in [2.05, 4.69) is 18.2 Å². The highest BCUT2D eigenvalue weighted by Crippen LogP contribution is 2.31. The van der Waals surface area contributed by atoms with Crippen molar-refractivity contribution in [1.82, 2.24) is 9.55 Å². The molecule has 6 heteroatoms. The number of rotatable bonds is 5. The molecule has 0 radical (unpaired) electrons. The van der Waals surface area contributed by atoms with Gasteiger partial charge in [-0.05, 0) is 18.1 Å². The van der Waals surface area contributed by atoms with Crippen LogP contribution in [0.2, 0.25) is 0 Å². The Morgan fingerprint density at radius 1 is 1.12 bits per heavy atom. The molecule has 0 saturated heterocycles. The molecule has 4 rings (SSSR count). The largest absolute Gasteiger partial charge is 0.286 e. The van der Waals surface area contributed by atoms with Gasteiger partial charge >= 0.3 is 0 Å². The molecule has 2 heterocycles. The van der Waals surface area contributed by atoms with Gasteiger partial charge in [0.15, 0.2) is 5.16 Å². The molecule has 0 spiro atoms. The molecule has 2 aromatic heterocycles. The molecular weight excluding hydrogens is 362 g/mol. The Bertz CT molecular complexity index is 1170. The monoisotopic (exact) mass is 377 g/mol. The third-order valence-electron chi connectivity index (χ3n) is 4.18. The quantitative estimate of drug-likeness (QED) is 0.380. The van der Waals surface area contributed by atoms with Crippen LogP contribution in [0.3, 0.4) is 0 Å². The van der Waals surface area contributed by atoms with Crippen LogP contribution < -0.4 is 5.56 Å². The van der Waals surface area contributed by atoms with Gasteiger partial charge < -0.3 is 0 Å². The highest BCUT2D eigenvalue weighted by Gasteiger charge is 2.16. The fourth-order valence-corrected chi connectivity index (χ4v) is 4.71. The second-order valence-corrected chi connectivity index (χ2v) is 7.80. The predicted molar refractivity (Wildman–Crippen MR) is 108 cm³/mol. The maximum absolute atomic E-state index is 13.1. The number of benzene rings is 2.